The molecular formula is C8H9AgO4S. The molecule has 0 aliphatic rings. The van der Waals surface area contributed by atoms with E-state index in [1.807, 2.05) is 6.92 Å². The zero-order valence-corrected chi connectivity index (χ0v) is 9.66. The van der Waals surface area contributed by atoms with Crippen molar-refractivity contribution in [3.05, 3.63) is 24.3 Å². The van der Waals surface area contributed by atoms with E-state index < -0.39 is 10.1 Å². The van der Waals surface area contributed by atoms with Gasteiger partial charge in [0.15, 0.2) is 0 Å². The Kier molecular flexibility index (Phi) is 5.40. The smallest absolute Gasteiger partial charge is 0.744 e. The molecular weight excluding hydrogens is 300 g/mol. The molecule has 0 heterocycles. The second-order valence-corrected chi connectivity index (χ2v) is 3.74. The van der Waals surface area contributed by atoms with Crippen molar-refractivity contribution in [3.63, 3.8) is 0 Å². The second-order valence-electron chi connectivity index (χ2n) is 2.36. The van der Waals surface area contributed by atoms with Crippen molar-refractivity contribution in [3.8, 4) is 5.75 Å². The van der Waals surface area contributed by atoms with Gasteiger partial charge in [0.05, 0.1) is 11.5 Å². The number of rotatable bonds is 3. The normalized spacial score (nSPS) is 10.4. The van der Waals surface area contributed by atoms with E-state index in [9.17, 15) is 13.0 Å². The molecule has 0 aliphatic carbocycles. The van der Waals surface area contributed by atoms with E-state index in [2.05, 4.69) is 0 Å². The largest absolute Gasteiger partial charge is 1.00 e. The average molecular weight is 309 g/mol. The first-order valence-corrected chi connectivity index (χ1v) is 5.13. The molecule has 0 saturated heterocycles. The second kappa shape index (κ2) is 5.53. The zero-order chi connectivity index (χ0) is 9.90. The maximum atomic E-state index is 10.5. The number of hydrogen-bond donors (Lipinski definition) is 0. The Bertz CT molecular complexity index is 371. The quantitative estimate of drug-likeness (QED) is 0.617. The molecule has 1 rings (SSSR count). The fourth-order valence-corrected chi connectivity index (χ4v) is 1.34. The Hall–Kier alpha value is -0.330. The van der Waals surface area contributed by atoms with E-state index in [-0.39, 0.29) is 27.3 Å². The van der Waals surface area contributed by atoms with Crippen molar-refractivity contribution in [1.82, 2.24) is 0 Å². The van der Waals surface area contributed by atoms with Gasteiger partial charge in [0.1, 0.15) is 15.9 Å². The van der Waals surface area contributed by atoms with Crippen molar-refractivity contribution in [2.24, 2.45) is 0 Å². The van der Waals surface area contributed by atoms with Crippen LogP contribution in [0.4, 0.5) is 0 Å². The van der Waals surface area contributed by atoms with Crippen LogP contribution in [0.5, 0.6) is 5.75 Å². The van der Waals surface area contributed by atoms with Crippen LogP contribution in [0.3, 0.4) is 0 Å². The summed E-state index contributed by atoms with van der Waals surface area (Å²) in [5, 5.41) is 0. The molecule has 82 valence electrons. The molecule has 0 saturated carbocycles. The fraction of sp³-hybridized carbons (Fsp3) is 0.250. The van der Waals surface area contributed by atoms with Gasteiger partial charge in [-0.2, -0.15) is 0 Å². The standard InChI is InChI=1S/C8H10O4S.Ag/c1-2-12-7-3-5-8(6-4-7)13(9,10)11;/h3-6H,2H2,1H3,(H,9,10,11);/q;+1/p-1. The summed E-state index contributed by atoms with van der Waals surface area (Å²) in [6, 6.07) is 5.36. The molecule has 0 bridgehead atoms. The summed E-state index contributed by atoms with van der Waals surface area (Å²) in [6.07, 6.45) is 0. The molecule has 0 N–H and O–H groups in total. The van der Waals surface area contributed by atoms with Crippen LogP contribution in [0.2, 0.25) is 0 Å². The van der Waals surface area contributed by atoms with E-state index in [4.69, 9.17) is 4.74 Å². The van der Waals surface area contributed by atoms with E-state index >= 15 is 0 Å². The molecule has 0 aromatic heterocycles. The van der Waals surface area contributed by atoms with Gasteiger partial charge in [0.2, 0.25) is 0 Å². The van der Waals surface area contributed by atoms with E-state index in [1.165, 1.54) is 24.3 Å². The molecule has 0 atom stereocenters. The van der Waals surface area contributed by atoms with Gasteiger partial charge in [-0.3, -0.25) is 0 Å². The summed E-state index contributed by atoms with van der Waals surface area (Å²) >= 11 is 0. The SMILES string of the molecule is CCOc1ccc(S(=O)(=O)[O-])cc1.[Ag+]. The molecule has 1 aromatic rings. The minimum atomic E-state index is -4.34. The average Bonchev–Trinajstić information content (AvgIpc) is 2.04. The molecule has 0 radical (unpaired) electrons. The topological polar surface area (TPSA) is 66.4 Å². The van der Waals surface area contributed by atoms with Gasteiger partial charge in [-0.05, 0) is 31.2 Å². The molecule has 0 fully saturated rings. The van der Waals surface area contributed by atoms with Crippen molar-refractivity contribution >= 4 is 10.1 Å². The number of ether oxygens (including phenoxy) is 1. The van der Waals surface area contributed by atoms with Gasteiger partial charge in [0.25, 0.3) is 0 Å². The van der Waals surface area contributed by atoms with E-state index in [0.29, 0.717) is 12.4 Å². The Morgan fingerprint density at radius 2 is 1.79 bits per heavy atom. The third-order valence-electron chi connectivity index (χ3n) is 1.42. The molecule has 1 aromatic carbocycles. The molecule has 14 heavy (non-hydrogen) atoms. The Morgan fingerprint density at radius 3 is 2.14 bits per heavy atom. The predicted octanol–water partition coefficient (Wildman–Crippen LogP) is 0.987. The Labute approximate surface area is 98.5 Å². The maximum Gasteiger partial charge on any atom is 1.00 e. The third-order valence-corrected chi connectivity index (χ3v) is 2.27. The zero-order valence-electron chi connectivity index (χ0n) is 7.36. The molecule has 0 unspecified atom stereocenters. The van der Waals surface area contributed by atoms with Crippen LogP contribution in [0.25, 0.3) is 0 Å². The first-order valence-electron chi connectivity index (χ1n) is 3.73. The van der Waals surface area contributed by atoms with Crippen LogP contribution in [0.1, 0.15) is 6.92 Å². The fourth-order valence-electron chi connectivity index (χ4n) is 0.869. The van der Waals surface area contributed by atoms with Crippen molar-refractivity contribution < 1.29 is 40.1 Å². The molecule has 0 aliphatic heterocycles. The van der Waals surface area contributed by atoms with Crippen LogP contribution in [-0.2, 0) is 32.5 Å². The van der Waals surface area contributed by atoms with Gasteiger partial charge in [-0.25, -0.2) is 8.42 Å². The minimum Gasteiger partial charge on any atom is -0.744 e. The summed E-state index contributed by atoms with van der Waals surface area (Å²) in [7, 11) is -4.34. The van der Waals surface area contributed by atoms with Crippen LogP contribution < -0.4 is 4.74 Å². The van der Waals surface area contributed by atoms with Crippen molar-refractivity contribution in [2.45, 2.75) is 11.8 Å². The van der Waals surface area contributed by atoms with Gasteiger partial charge >= 0.3 is 22.4 Å². The van der Waals surface area contributed by atoms with Gasteiger partial charge < -0.3 is 9.29 Å². The first-order chi connectivity index (χ1) is 6.04. The molecule has 0 amide bonds. The Morgan fingerprint density at radius 1 is 1.29 bits per heavy atom. The summed E-state index contributed by atoms with van der Waals surface area (Å²) < 4.78 is 36.6. The predicted molar refractivity (Wildman–Crippen MR) is 45.6 cm³/mol. The third kappa shape index (κ3) is 3.81. The molecule has 0 spiro atoms. The summed E-state index contributed by atoms with van der Waals surface area (Å²) in [6.45, 7) is 2.32. The maximum absolute atomic E-state index is 10.5. The van der Waals surface area contributed by atoms with E-state index in [1.54, 1.807) is 0 Å². The number of hydrogen-bond acceptors (Lipinski definition) is 4. The van der Waals surface area contributed by atoms with E-state index in [0.717, 1.165) is 0 Å². The van der Waals surface area contributed by atoms with Gasteiger partial charge in [0, 0.05) is 0 Å². The monoisotopic (exact) mass is 308 g/mol. The van der Waals surface area contributed by atoms with Crippen LogP contribution >= 0.6 is 0 Å². The van der Waals surface area contributed by atoms with Gasteiger partial charge in [-0.15, -0.1) is 0 Å². The molecule has 6 heteroatoms. The van der Waals surface area contributed by atoms with Crippen molar-refractivity contribution in [1.29, 1.82) is 0 Å². The van der Waals surface area contributed by atoms with Crippen LogP contribution in [0.15, 0.2) is 29.2 Å². The van der Waals surface area contributed by atoms with Crippen LogP contribution in [-0.4, -0.2) is 19.6 Å². The first kappa shape index (κ1) is 13.7. The summed E-state index contributed by atoms with van der Waals surface area (Å²) in [5.74, 6) is 0.551. The minimum absolute atomic E-state index is 0. The Balaban J connectivity index is 0.00000169. The van der Waals surface area contributed by atoms with Crippen LogP contribution in [0, 0.1) is 0 Å². The molecule has 4 nitrogen and oxygen atoms in total. The summed E-state index contributed by atoms with van der Waals surface area (Å²) in [5.41, 5.74) is 0. The van der Waals surface area contributed by atoms with Crippen molar-refractivity contribution in [2.75, 3.05) is 6.61 Å². The summed E-state index contributed by atoms with van der Waals surface area (Å²) in [4.78, 5) is -0.240. The van der Waals surface area contributed by atoms with Gasteiger partial charge in [-0.1, -0.05) is 0 Å². The number of benzene rings is 1.